The van der Waals surface area contributed by atoms with E-state index in [2.05, 4.69) is 5.32 Å². The van der Waals surface area contributed by atoms with Crippen LogP contribution in [0.25, 0.3) is 0 Å². The molecule has 0 aromatic heterocycles. The fourth-order valence-corrected chi connectivity index (χ4v) is 2.62. The number of carbonyl (C=O) groups is 2. The molecule has 0 bridgehead atoms. The van der Waals surface area contributed by atoms with Gasteiger partial charge in [0.05, 0.1) is 7.11 Å². The van der Waals surface area contributed by atoms with Crippen LogP contribution in [-0.4, -0.2) is 30.3 Å². The van der Waals surface area contributed by atoms with Crippen molar-refractivity contribution in [2.75, 3.05) is 7.11 Å². The molecule has 1 rings (SSSR count). The van der Waals surface area contributed by atoms with Gasteiger partial charge in [0.1, 0.15) is 11.1 Å². The third-order valence-electron chi connectivity index (χ3n) is 3.05. The lowest BCUT2D eigenvalue weighted by Gasteiger charge is -2.30. The van der Waals surface area contributed by atoms with E-state index >= 15 is 0 Å². The molecule has 134 valence electrons. The first-order valence-electron chi connectivity index (χ1n) is 7.11. The molecule has 0 radical (unpaired) electrons. The van der Waals surface area contributed by atoms with Gasteiger partial charge >= 0.3 is 12.1 Å². The molecule has 24 heavy (non-hydrogen) atoms. The zero-order chi connectivity index (χ0) is 18.7. The Kier molecular flexibility index (Phi) is 6.54. The van der Waals surface area contributed by atoms with E-state index < -0.39 is 34.8 Å². The van der Waals surface area contributed by atoms with E-state index in [9.17, 15) is 18.4 Å². The summed E-state index contributed by atoms with van der Waals surface area (Å²) in [4.78, 5) is 24.2. The molecular formula is C16H20F2INO4. The zero-order valence-electron chi connectivity index (χ0n) is 14.1. The average Bonchev–Trinajstić information content (AvgIpc) is 2.41. The first kappa shape index (κ1) is 20.6. The largest absolute Gasteiger partial charge is 0.467 e. The van der Waals surface area contributed by atoms with E-state index in [4.69, 9.17) is 9.47 Å². The Morgan fingerprint density at radius 3 is 2.21 bits per heavy atom. The summed E-state index contributed by atoms with van der Waals surface area (Å²) in [6.07, 6.45) is -0.901. The fraction of sp³-hybridized carbons (Fsp3) is 0.500. The maximum Gasteiger partial charge on any atom is 0.408 e. The Morgan fingerprint density at radius 1 is 1.17 bits per heavy atom. The number of ether oxygens (including phenoxy) is 2. The first-order chi connectivity index (χ1) is 10.9. The van der Waals surface area contributed by atoms with Gasteiger partial charge in [-0.2, -0.15) is 0 Å². The molecule has 0 saturated heterocycles. The lowest BCUT2D eigenvalue weighted by Crippen LogP contribution is -2.55. The molecule has 0 aliphatic carbocycles. The lowest BCUT2D eigenvalue weighted by atomic mass is 9.93. The van der Waals surface area contributed by atoms with Crippen LogP contribution in [0.3, 0.4) is 0 Å². The van der Waals surface area contributed by atoms with E-state index in [1.807, 2.05) is 22.6 Å². The van der Waals surface area contributed by atoms with Crippen molar-refractivity contribution < 1.29 is 27.8 Å². The van der Waals surface area contributed by atoms with Crippen molar-refractivity contribution in [3.63, 3.8) is 0 Å². The summed E-state index contributed by atoms with van der Waals surface area (Å²) in [5.41, 5.74) is -1.89. The Bertz CT molecular complexity index is 646. The Hall–Kier alpha value is -1.45. The van der Waals surface area contributed by atoms with Gasteiger partial charge in [-0.3, -0.25) is 0 Å². The quantitative estimate of drug-likeness (QED) is 0.429. The Morgan fingerprint density at radius 2 is 1.71 bits per heavy atom. The monoisotopic (exact) mass is 455 g/mol. The van der Waals surface area contributed by atoms with Crippen LogP contribution in [0, 0.1) is 15.2 Å². The zero-order valence-corrected chi connectivity index (χ0v) is 16.3. The fourth-order valence-electron chi connectivity index (χ4n) is 2.00. The molecule has 0 aliphatic rings. The topological polar surface area (TPSA) is 64.6 Å². The molecule has 0 aliphatic heterocycles. The van der Waals surface area contributed by atoms with Crippen LogP contribution >= 0.6 is 22.6 Å². The number of halogens is 3. The summed E-state index contributed by atoms with van der Waals surface area (Å²) in [5.74, 6) is -2.74. The van der Waals surface area contributed by atoms with Gasteiger partial charge in [0.2, 0.25) is 0 Å². The third kappa shape index (κ3) is 5.57. The summed E-state index contributed by atoms with van der Waals surface area (Å²) in [7, 11) is 1.17. The maximum absolute atomic E-state index is 13.5. The molecule has 1 amide bonds. The molecule has 1 N–H and O–H groups in total. The molecule has 0 heterocycles. The second-order valence-corrected chi connectivity index (χ2v) is 7.65. The average molecular weight is 455 g/mol. The van der Waals surface area contributed by atoms with Gasteiger partial charge in [-0.05, 0) is 68.0 Å². The summed E-state index contributed by atoms with van der Waals surface area (Å²) in [6.45, 7) is 6.47. The molecule has 0 spiro atoms. The number of methoxy groups -OCH3 is 1. The summed E-state index contributed by atoms with van der Waals surface area (Å²) in [6, 6.07) is 2.02. The standard InChI is InChI=1S/C16H20F2INO4/c1-15(2,3)24-14(22)20-16(4,13(21)23-5)8-9-6-10(17)11(18)7-12(9)19/h6-7H,8H2,1-5H3,(H,20,22). The van der Waals surface area contributed by atoms with Gasteiger partial charge < -0.3 is 14.8 Å². The maximum atomic E-state index is 13.5. The van der Waals surface area contributed by atoms with Crippen molar-refractivity contribution in [3.05, 3.63) is 32.9 Å². The van der Waals surface area contributed by atoms with Crippen LogP contribution in [-0.2, 0) is 20.7 Å². The molecule has 5 nitrogen and oxygen atoms in total. The van der Waals surface area contributed by atoms with Crippen molar-refractivity contribution >= 4 is 34.7 Å². The summed E-state index contributed by atoms with van der Waals surface area (Å²) in [5, 5.41) is 2.46. The van der Waals surface area contributed by atoms with Gasteiger partial charge in [-0.1, -0.05) is 0 Å². The second-order valence-electron chi connectivity index (χ2n) is 6.49. The molecule has 1 unspecified atom stereocenters. The van der Waals surface area contributed by atoms with Crippen molar-refractivity contribution in [3.8, 4) is 0 Å². The highest BCUT2D eigenvalue weighted by molar-refractivity contribution is 14.1. The Labute approximate surface area is 153 Å². The van der Waals surface area contributed by atoms with E-state index in [0.717, 1.165) is 12.1 Å². The number of alkyl carbamates (subject to hydrolysis) is 1. The predicted octanol–water partition coefficient (Wildman–Crippen LogP) is 3.57. The van der Waals surface area contributed by atoms with E-state index in [0.29, 0.717) is 9.13 Å². The predicted molar refractivity (Wildman–Crippen MR) is 92.6 cm³/mol. The molecule has 0 saturated carbocycles. The number of rotatable bonds is 4. The van der Waals surface area contributed by atoms with E-state index in [1.54, 1.807) is 20.8 Å². The molecule has 1 aromatic carbocycles. The van der Waals surface area contributed by atoms with Crippen molar-refractivity contribution in [2.24, 2.45) is 0 Å². The lowest BCUT2D eigenvalue weighted by molar-refractivity contribution is -0.147. The van der Waals surface area contributed by atoms with Gasteiger partial charge in [-0.15, -0.1) is 0 Å². The molecule has 1 aromatic rings. The summed E-state index contributed by atoms with van der Waals surface area (Å²) >= 11 is 1.83. The van der Waals surface area contributed by atoms with Crippen LogP contribution in [0.1, 0.15) is 33.3 Å². The van der Waals surface area contributed by atoms with Crippen LogP contribution in [0.2, 0.25) is 0 Å². The first-order valence-corrected chi connectivity index (χ1v) is 8.19. The highest BCUT2D eigenvalue weighted by Gasteiger charge is 2.38. The van der Waals surface area contributed by atoms with Crippen LogP contribution < -0.4 is 5.32 Å². The molecular weight excluding hydrogens is 435 g/mol. The van der Waals surface area contributed by atoms with Crippen molar-refractivity contribution in [1.29, 1.82) is 0 Å². The number of hydrogen-bond acceptors (Lipinski definition) is 4. The SMILES string of the molecule is COC(=O)C(C)(Cc1cc(F)c(F)cc1I)NC(=O)OC(C)(C)C. The number of amides is 1. The number of carbonyl (C=O) groups excluding carboxylic acids is 2. The van der Waals surface area contributed by atoms with Gasteiger partial charge in [0.25, 0.3) is 0 Å². The van der Waals surface area contributed by atoms with Crippen LogP contribution in [0.15, 0.2) is 12.1 Å². The van der Waals surface area contributed by atoms with E-state index in [1.165, 1.54) is 14.0 Å². The minimum Gasteiger partial charge on any atom is -0.467 e. The highest BCUT2D eigenvalue weighted by atomic mass is 127. The number of nitrogens with one attached hydrogen (secondary N) is 1. The van der Waals surface area contributed by atoms with Crippen LogP contribution in [0.5, 0.6) is 0 Å². The minimum absolute atomic E-state index is 0.0889. The number of benzene rings is 1. The highest BCUT2D eigenvalue weighted by Crippen LogP contribution is 2.23. The molecule has 1 atom stereocenters. The number of hydrogen-bond donors (Lipinski definition) is 1. The normalized spacial score (nSPS) is 13.8. The van der Waals surface area contributed by atoms with Crippen molar-refractivity contribution in [2.45, 2.75) is 45.3 Å². The van der Waals surface area contributed by atoms with E-state index in [-0.39, 0.29) is 6.42 Å². The number of esters is 1. The van der Waals surface area contributed by atoms with Gasteiger partial charge in [0.15, 0.2) is 11.6 Å². The smallest absolute Gasteiger partial charge is 0.408 e. The Balaban J connectivity index is 3.11. The van der Waals surface area contributed by atoms with Gasteiger partial charge in [-0.25, -0.2) is 18.4 Å². The third-order valence-corrected chi connectivity index (χ3v) is 4.05. The summed E-state index contributed by atoms with van der Waals surface area (Å²) < 4.78 is 37.0. The van der Waals surface area contributed by atoms with Crippen molar-refractivity contribution in [1.82, 2.24) is 5.32 Å². The van der Waals surface area contributed by atoms with Gasteiger partial charge in [0, 0.05) is 9.99 Å². The van der Waals surface area contributed by atoms with Crippen LogP contribution in [0.4, 0.5) is 13.6 Å². The molecule has 8 heteroatoms. The minimum atomic E-state index is -1.50. The second kappa shape index (κ2) is 7.62. The molecule has 0 fully saturated rings.